The summed E-state index contributed by atoms with van der Waals surface area (Å²) in [6.07, 6.45) is -20.0. The fraction of sp³-hybridized carbons (Fsp3) is 0.846. The molecule has 0 spiro atoms. The predicted molar refractivity (Wildman–Crippen MR) is 146 cm³/mol. The monoisotopic (exact) mass is 956 g/mol. The summed E-state index contributed by atoms with van der Waals surface area (Å²) in [6.45, 7) is -1.31. The molecule has 0 heterocycles. The SMILES string of the molecule is O=C(/C=C\C(=O)OCCCSCCC(F)(F)C(F)(F)C(F)(F)C(F)(F)C(F)(F)C(F)(F)F)OCCCSCCC(F)(F)C(F)(F)C(F)(F)C(F)(F)C(F)(F)C(F)(F)F. The zero-order valence-corrected chi connectivity index (χ0v) is 29.1. The molecule has 0 atom stereocenters. The van der Waals surface area contributed by atoms with Gasteiger partial charge in [0.15, 0.2) is 0 Å². The zero-order valence-electron chi connectivity index (χ0n) is 27.5. The van der Waals surface area contributed by atoms with E-state index in [-0.39, 0.29) is 36.4 Å². The van der Waals surface area contributed by atoms with Crippen LogP contribution in [0.5, 0.6) is 0 Å². The van der Waals surface area contributed by atoms with E-state index >= 15 is 0 Å². The highest BCUT2D eigenvalue weighted by molar-refractivity contribution is 7.99. The number of esters is 2. The van der Waals surface area contributed by atoms with Gasteiger partial charge in [-0.15, -0.1) is 0 Å². The van der Waals surface area contributed by atoms with E-state index in [1.165, 1.54) is 0 Å². The van der Waals surface area contributed by atoms with Crippen LogP contribution in [0, 0.1) is 0 Å². The Morgan fingerprint density at radius 2 is 0.603 bits per heavy atom. The second-order valence-electron chi connectivity index (χ2n) is 11.1. The van der Waals surface area contributed by atoms with E-state index in [1.807, 2.05) is 0 Å². The van der Waals surface area contributed by atoms with Gasteiger partial charge in [-0.2, -0.15) is 138 Å². The van der Waals surface area contributed by atoms with E-state index in [1.54, 1.807) is 0 Å². The van der Waals surface area contributed by atoms with E-state index in [4.69, 9.17) is 0 Å². The zero-order chi connectivity index (χ0) is 46.5. The molecule has 0 saturated heterocycles. The smallest absolute Gasteiger partial charge is 0.460 e. The summed E-state index contributed by atoms with van der Waals surface area (Å²) in [4.78, 5) is 23.1. The molecular weight excluding hydrogens is 934 g/mol. The third-order valence-corrected chi connectivity index (χ3v) is 8.97. The van der Waals surface area contributed by atoms with Crippen molar-refractivity contribution in [1.82, 2.24) is 0 Å². The molecule has 58 heavy (non-hydrogen) atoms. The number of alkyl halides is 26. The fourth-order valence-corrected chi connectivity index (χ4v) is 5.28. The van der Waals surface area contributed by atoms with Crippen molar-refractivity contribution in [2.75, 3.05) is 36.2 Å². The van der Waals surface area contributed by atoms with Crippen molar-refractivity contribution in [3.05, 3.63) is 12.2 Å². The standard InChI is InChI=1S/C26H22F26O4S2/c27-15(28,17(31,32)19(35,36)21(39,40)23(43,44)25(47,48)49)5-11-57-9-1-7-55-13(53)3-4-14(54)56-8-2-10-58-12-6-16(29,30)18(33,34)20(37,38)22(41,42)24(45,46)26(50,51)52/h3-4H,1-2,5-12H2/b4-3-. The first kappa shape index (κ1) is 55.6. The van der Waals surface area contributed by atoms with Crippen LogP contribution < -0.4 is 0 Å². The largest absolute Gasteiger partial charge is 0.462 e. The molecule has 344 valence electrons. The second-order valence-corrected chi connectivity index (χ2v) is 13.5. The number of halogens is 26. The van der Waals surface area contributed by atoms with Gasteiger partial charge in [0.25, 0.3) is 0 Å². The Balaban J connectivity index is 4.70. The molecular formula is C26H22F26O4S2. The minimum absolute atomic E-state index is 0.170. The Bertz CT molecular complexity index is 1290. The Morgan fingerprint density at radius 3 is 0.845 bits per heavy atom. The van der Waals surface area contributed by atoms with Gasteiger partial charge < -0.3 is 9.47 Å². The van der Waals surface area contributed by atoms with Crippen LogP contribution in [0.1, 0.15) is 25.7 Å². The highest BCUT2D eigenvalue weighted by Gasteiger charge is 2.92. The van der Waals surface area contributed by atoms with Gasteiger partial charge in [-0.1, -0.05) is 0 Å². The fourth-order valence-electron chi connectivity index (χ4n) is 3.42. The van der Waals surface area contributed by atoms with Crippen LogP contribution in [0.3, 0.4) is 0 Å². The number of carbonyl (C=O) groups excluding carboxylic acids is 2. The maximum atomic E-state index is 13.7. The average Bonchev–Trinajstić information content (AvgIpc) is 3.04. The van der Waals surface area contributed by atoms with E-state index in [2.05, 4.69) is 9.47 Å². The molecule has 0 aliphatic heterocycles. The quantitative estimate of drug-likeness (QED) is 0.0416. The number of thioether (sulfide) groups is 2. The summed E-state index contributed by atoms with van der Waals surface area (Å²) < 4.78 is 349. The van der Waals surface area contributed by atoms with E-state index in [9.17, 15) is 124 Å². The van der Waals surface area contributed by atoms with Crippen LogP contribution >= 0.6 is 23.5 Å². The van der Waals surface area contributed by atoms with Gasteiger partial charge in [0.1, 0.15) is 0 Å². The summed E-state index contributed by atoms with van der Waals surface area (Å²) in [7, 11) is 0. The van der Waals surface area contributed by atoms with Crippen LogP contribution in [-0.4, -0.2) is 120 Å². The lowest BCUT2D eigenvalue weighted by Gasteiger charge is -2.39. The van der Waals surface area contributed by atoms with Crippen molar-refractivity contribution in [2.45, 2.75) is 97.3 Å². The predicted octanol–water partition coefficient (Wildman–Crippen LogP) is 11.1. The molecule has 0 radical (unpaired) electrons. The highest BCUT2D eigenvalue weighted by Crippen LogP contribution is 2.62. The topological polar surface area (TPSA) is 52.6 Å². The van der Waals surface area contributed by atoms with Crippen molar-refractivity contribution < 1.29 is 133 Å². The first-order valence-electron chi connectivity index (χ1n) is 14.6. The number of hydrogen-bond donors (Lipinski definition) is 0. The third-order valence-electron chi connectivity index (χ3n) is 6.83. The molecule has 0 aromatic carbocycles. The lowest BCUT2D eigenvalue weighted by Crippen LogP contribution is -2.70. The number of carbonyl (C=O) groups is 2. The maximum absolute atomic E-state index is 13.7. The van der Waals surface area contributed by atoms with Gasteiger partial charge in [-0.05, 0) is 35.9 Å². The number of ether oxygens (including phenoxy) is 2. The van der Waals surface area contributed by atoms with Crippen LogP contribution in [0.25, 0.3) is 0 Å². The van der Waals surface area contributed by atoms with Crippen LogP contribution in [0.2, 0.25) is 0 Å². The first-order valence-corrected chi connectivity index (χ1v) is 16.9. The van der Waals surface area contributed by atoms with Crippen molar-refractivity contribution in [1.29, 1.82) is 0 Å². The van der Waals surface area contributed by atoms with E-state index in [0.29, 0.717) is 12.2 Å². The van der Waals surface area contributed by atoms with Gasteiger partial charge in [-0.25, -0.2) is 9.59 Å². The molecule has 0 amide bonds. The van der Waals surface area contributed by atoms with Crippen molar-refractivity contribution in [3.63, 3.8) is 0 Å². The maximum Gasteiger partial charge on any atom is 0.460 e. The van der Waals surface area contributed by atoms with Gasteiger partial charge in [-0.3, -0.25) is 0 Å². The lowest BCUT2D eigenvalue weighted by molar-refractivity contribution is -0.439. The molecule has 0 unspecified atom stereocenters. The minimum Gasteiger partial charge on any atom is -0.462 e. The molecule has 0 aromatic heterocycles. The van der Waals surface area contributed by atoms with Gasteiger partial charge in [0.2, 0.25) is 0 Å². The first-order chi connectivity index (χ1) is 25.5. The Morgan fingerprint density at radius 1 is 0.362 bits per heavy atom. The summed E-state index contributed by atoms with van der Waals surface area (Å²) in [5, 5.41) is 0. The molecule has 0 fully saturated rings. The van der Waals surface area contributed by atoms with Crippen LogP contribution in [0.15, 0.2) is 12.2 Å². The number of rotatable bonds is 24. The second kappa shape index (κ2) is 18.7. The van der Waals surface area contributed by atoms with E-state index in [0.717, 1.165) is 0 Å². The van der Waals surface area contributed by atoms with Crippen LogP contribution in [0.4, 0.5) is 114 Å². The van der Waals surface area contributed by atoms with Gasteiger partial charge in [0, 0.05) is 25.0 Å². The van der Waals surface area contributed by atoms with E-state index < -0.39 is 133 Å². The normalized spacial score (nSPS) is 15.3. The van der Waals surface area contributed by atoms with Crippen molar-refractivity contribution in [2.24, 2.45) is 0 Å². The number of hydrogen-bond acceptors (Lipinski definition) is 6. The molecule has 32 heteroatoms. The van der Waals surface area contributed by atoms with Crippen molar-refractivity contribution in [3.8, 4) is 0 Å². The molecule has 0 rings (SSSR count). The molecule has 0 bridgehead atoms. The average molecular weight is 957 g/mol. The Labute approximate surface area is 314 Å². The molecule has 0 aliphatic rings. The molecule has 0 saturated carbocycles. The molecule has 0 aliphatic carbocycles. The summed E-state index contributed by atoms with van der Waals surface area (Å²) in [6, 6.07) is 0. The van der Waals surface area contributed by atoms with Crippen molar-refractivity contribution >= 4 is 35.5 Å². The molecule has 0 aromatic rings. The molecule has 0 N–H and O–H groups in total. The van der Waals surface area contributed by atoms with Gasteiger partial charge >= 0.3 is 83.5 Å². The Hall–Kier alpha value is -2.44. The van der Waals surface area contributed by atoms with Crippen LogP contribution in [-0.2, 0) is 19.1 Å². The summed E-state index contributed by atoms with van der Waals surface area (Å²) in [5.74, 6) is -81.3. The lowest BCUT2D eigenvalue weighted by atomic mass is 9.93. The Kier molecular flexibility index (Phi) is 17.9. The molecule has 4 nitrogen and oxygen atoms in total. The minimum atomic E-state index is -8.04. The highest BCUT2D eigenvalue weighted by atomic mass is 32.2. The summed E-state index contributed by atoms with van der Waals surface area (Å²) in [5.41, 5.74) is 0. The third kappa shape index (κ3) is 11.3. The summed E-state index contributed by atoms with van der Waals surface area (Å²) >= 11 is 0.339. The van der Waals surface area contributed by atoms with Gasteiger partial charge in [0.05, 0.1) is 13.2 Å².